The van der Waals surface area contributed by atoms with Crippen molar-refractivity contribution in [2.75, 3.05) is 0 Å². The SMILES string of the molecule is CC(C)(C)c1cc(C(=O)NCc2ccc(-n3ccnc3)c(F)c2)no1. The van der Waals surface area contributed by atoms with Crippen molar-refractivity contribution in [1.82, 2.24) is 20.0 Å². The zero-order valence-corrected chi connectivity index (χ0v) is 14.3. The molecule has 0 saturated carbocycles. The summed E-state index contributed by atoms with van der Waals surface area (Å²) in [6, 6.07) is 6.41. The van der Waals surface area contributed by atoms with Gasteiger partial charge in [0.15, 0.2) is 5.69 Å². The summed E-state index contributed by atoms with van der Waals surface area (Å²) in [6.07, 6.45) is 4.77. The molecule has 0 unspecified atom stereocenters. The first-order chi connectivity index (χ1) is 11.8. The van der Waals surface area contributed by atoms with Crippen LogP contribution in [-0.2, 0) is 12.0 Å². The number of carbonyl (C=O) groups excluding carboxylic acids is 1. The molecule has 2 heterocycles. The lowest BCUT2D eigenvalue weighted by molar-refractivity contribution is 0.0941. The van der Waals surface area contributed by atoms with Crippen LogP contribution in [0.3, 0.4) is 0 Å². The van der Waals surface area contributed by atoms with E-state index >= 15 is 0 Å². The molecule has 0 atom stereocenters. The summed E-state index contributed by atoms with van der Waals surface area (Å²) in [4.78, 5) is 16.1. The van der Waals surface area contributed by atoms with Gasteiger partial charge in [-0.2, -0.15) is 0 Å². The van der Waals surface area contributed by atoms with Crippen LogP contribution in [-0.4, -0.2) is 20.6 Å². The van der Waals surface area contributed by atoms with Crippen LogP contribution in [0.4, 0.5) is 4.39 Å². The second kappa shape index (κ2) is 6.51. The highest BCUT2D eigenvalue weighted by molar-refractivity contribution is 5.92. The molecule has 3 aromatic rings. The Morgan fingerprint density at radius 2 is 2.12 bits per heavy atom. The van der Waals surface area contributed by atoms with Crippen molar-refractivity contribution < 1.29 is 13.7 Å². The first-order valence-corrected chi connectivity index (χ1v) is 7.87. The largest absolute Gasteiger partial charge is 0.360 e. The third kappa shape index (κ3) is 3.76. The van der Waals surface area contributed by atoms with Crippen LogP contribution < -0.4 is 5.32 Å². The smallest absolute Gasteiger partial charge is 0.273 e. The lowest BCUT2D eigenvalue weighted by Crippen LogP contribution is -2.23. The van der Waals surface area contributed by atoms with E-state index in [0.29, 0.717) is 17.0 Å². The molecule has 2 aromatic heterocycles. The van der Waals surface area contributed by atoms with Gasteiger partial charge in [0.25, 0.3) is 5.91 Å². The van der Waals surface area contributed by atoms with Crippen molar-refractivity contribution >= 4 is 5.91 Å². The minimum atomic E-state index is -0.388. The van der Waals surface area contributed by atoms with Gasteiger partial charge in [0.05, 0.1) is 12.0 Å². The molecule has 0 aliphatic rings. The van der Waals surface area contributed by atoms with Gasteiger partial charge in [-0.1, -0.05) is 32.0 Å². The van der Waals surface area contributed by atoms with Crippen LogP contribution in [0.15, 0.2) is 47.5 Å². The molecular weight excluding hydrogens is 323 g/mol. The van der Waals surface area contributed by atoms with Crippen molar-refractivity contribution in [2.45, 2.75) is 32.7 Å². The molecule has 0 saturated heterocycles. The Morgan fingerprint density at radius 1 is 1.32 bits per heavy atom. The Hall–Kier alpha value is -2.96. The predicted octanol–water partition coefficient (Wildman–Crippen LogP) is 3.23. The normalized spacial score (nSPS) is 11.5. The zero-order chi connectivity index (χ0) is 18.0. The van der Waals surface area contributed by atoms with Crippen molar-refractivity contribution in [3.05, 3.63) is 65.8 Å². The number of nitrogens with zero attached hydrogens (tertiary/aromatic N) is 3. The van der Waals surface area contributed by atoms with Crippen molar-refractivity contribution in [3.63, 3.8) is 0 Å². The highest BCUT2D eigenvalue weighted by Gasteiger charge is 2.22. The lowest BCUT2D eigenvalue weighted by Gasteiger charge is -2.12. The number of hydrogen-bond acceptors (Lipinski definition) is 4. The second-order valence-electron chi connectivity index (χ2n) is 6.76. The van der Waals surface area contributed by atoms with Gasteiger partial charge in [0.2, 0.25) is 0 Å². The fraction of sp³-hybridized carbons (Fsp3) is 0.278. The molecule has 0 radical (unpaired) electrons. The monoisotopic (exact) mass is 342 g/mol. The van der Waals surface area contributed by atoms with E-state index in [9.17, 15) is 9.18 Å². The number of amides is 1. The van der Waals surface area contributed by atoms with Gasteiger partial charge in [0, 0.05) is 30.4 Å². The number of benzene rings is 1. The summed E-state index contributed by atoms with van der Waals surface area (Å²) in [5, 5.41) is 6.50. The third-order valence-electron chi connectivity index (χ3n) is 3.73. The molecule has 1 aromatic carbocycles. The minimum Gasteiger partial charge on any atom is -0.360 e. The molecule has 0 aliphatic heterocycles. The van der Waals surface area contributed by atoms with Gasteiger partial charge in [-0.25, -0.2) is 9.37 Å². The fourth-order valence-electron chi connectivity index (χ4n) is 2.28. The number of rotatable bonds is 4. The molecule has 1 amide bonds. The Bertz CT molecular complexity index is 879. The minimum absolute atomic E-state index is 0.192. The van der Waals surface area contributed by atoms with Gasteiger partial charge in [-0.3, -0.25) is 4.79 Å². The van der Waals surface area contributed by atoms with Crippen LogP contribution in [0.1, 0.15) is 42.6 Å². The van der Waals surface area contributed by atoms with Crippen LogP contribution in [0, 0.1) is 5.82 Å². The third-order valence-corrected chi connectivity index (χ3v) is 3.73. The molecule has 0 fully saturated rings. The molecule has 0 aliphatic carbocycles. The molecule has 130 valence electrons. The summed E-state index contributed by atoms with van der Waals surface area (Å²) < 4.78 is 21.0. The Morgan fingerprint density at radius 3 is 2.72 bits per heavy atom. The first-order valence-electron chi connectivity index (χ1n) is 7.87. The predicted molar refractivity (Wildman–Crippen MR) is 89.9 cm³/mol. The van der Waals surface area contributed by atoms with E-state index in [-0.39, 0.29) is 29.4 Å². The number of imidazole rings is 1. The van der Waals surface area contributed by atoms with Crippen LogP contribution in [0.25, 0.3) is 5.69 Å². The molecule has 7 heteroatoms. The van der Waals surface area contributed by atoms with E-state index in [2.05, 4.69) is 15.5 Å². The Balaban J connectivity index is 1.66. The van der Waals surface area contributed by atoms with Gasteiger partial charge in [0.1, 0.15) is 11.6 Å². The van der Waals surface area contributed by atoms with E-state index in [1.807, 2.05) is 20.8 Å². The molecule has 3 rings (SSSR count). The van der Waals surface area contributed by atoms with Crippen molar-refractivity contribution in [2.24, 2.45) is 0 Å². The average molecular weight is 342 g/mol. The Labute approximate surface area is 144 Å². The summed E-state index contributed by atoms with van der Waals surface area (Å²) in [7, 11) is 0. The van der Waals surface area contributed by atoms with Gasteiger partial charge in [-0.05, 0) is 17.7 Å². The molecular formula is C18H19FN4O2. The van der Waals surface area contributed by atoms with E-state index in [4.69, 9.17) is 4.52 Å². The average Bonchev–Trinajstić information content (AvgIpc) is 3.23. The number of aromatic nitrogens is 3. The van der Waals surface area contributed by atoms with Crippen LogP contribution in [0.2, 0.25) is 0 Å². The summed E-state index contributed by atoms with van der Waals surface area (Å²) in [5.41, 5.74) is 1.03. The van der Waals surface area contributed by atoms with Crippen molar-refractivity contribution in [1.29, 1.82) is 0 Å². The summed E-state index contributed by atoms with van der Waals surface area (Å²) in [5.74, 6) is -0.118. The number of halogens is 1. The Kier molecular flexibility index (Phi) is 4.39. The maximum absolute atomic E-state index is 14.2. The van der Waals surface area contributed by atoms with Crippen LogP contribution >= 0.6 is 0 Å². The molecule has 25 heavy (non-hydrogen) atoms. The highest BCUT2D eigenvalue weighted by Crippen LogP contribution is 2.22. The van der Waals surface area contributed by atoms with Gasteiger partial charge < -0.3 is 14.4 Å². The first kappa shape index (κ1) is 16.9. The topological polar surface area (TPSA) is 73.0 Å². The quantitative estimate of drug-likeness (QED) is 0.790. The van der Waals surface area contributed by atoms with E-state index in [0.717, 1.165) is 0 Å². The highest BCUT2D eigenvalue weighted by atomic mass is 19.1. The van der Waals surface area contributed by atoms with Crippen molar-refractivity contribution in [3.8, 4) is 5.69 Å². The zero-order valence-electron chi connectivity index (χ0n) is 14.3. The second-order valence-corrected chi connectivity index (χ2v) is 6.76. The van der Waals surface area contributed by atoms with Gasteiger partial charge in [-0.15, -0.1) is 0 Å². The lowest BCUT2D eigenvalue weighted by atomic mass is 9.93. The molecule has 6 nitrogen and oxygen atoms in total. The maximum Gasteiger partial charge on any atom is 0.273 e. The standard InChI is InChI=1S/C18H19FN4O2/c1-18(2,3)16-9-14(22-25-16)17(24)21-10-12-4-5-15(13(19)8-12)23-7-6-20-11-23/h4-9,11H,10H2,1-3H3,(H,21,24). The molecule has 0 bridgehead atoms. The maximum atomic E-state index is 14.2. The molecule has 0 spiro atoms. The van der Waals surface area contributed by atoms with E-state index in [1.165, 1.54) is 12.4 Å². The number of carbonyl (C=O) groups is 1. The molecule has 1 N–H and O–H groups in total. The van der Waals surface area contributed by atoms with Crippen LogP contribution in [0.5, 0.6) is 0 Å². The van der Waals surface area contributed by atoms with E-state index < -0.39 is 0 Å². The summed E-state index contributed by atoms with van der Waals surface area (Å²) >= 11 is 0. The fourth-order valence-corrected chi connectivity index (χ4v) is 2.28. The van der Waals surface area contributed by atoms with Gasteiger partial charge >= 0.3 is 0 Å². The summed E-state index contributed by atoms with van der Waals surface area (Å²) in [6.45, 7) is 6.11. The number of hydrogen-bond donors (Lipinski definition) is 1. The number of nitrogens with one attached hydrogen (secondary N) is 1. The van der Waals surface area contributed by atoms with E-state index in [1.54, 1.807) is 35.2 Å².